The summed E-state index contributed by atoms with van der Waals surface area (Å²) in [7, 11) is 5.91. The van der Waals surface area contributed by atoms with E-state index in [1.807, 2.05) is 12.1 Å². The number of aliphatic imine (C=N–C) groups is 1. The van der Waals surface area contributed by atoms with Crippen LogP contribution in [0.3, 0.4) is 0 Å². The largest absolute Gasteiger partial charge is 0.497 e. The molecular weight excluding hydrogens is 404 g/mol. The minimum Gasteiger partial charge on any atom is -0.497 e. The van der Waals surface area contributed by atoms with E-state index in [-0.39, 0.29) is 6.04 Å². The van der Waals surface area contributed by atoms with Crippen LogP contribution in [0.15, 0.2) is 29.3 Å². The van der Waals surface area contributed by atoms with Crippen molar-refractivity contribution in [3.63, 3.8) is 0 Å². The second kappa shape index (κ2) is 13.0. The van der Waals surface area contributed by atoms with E-state index in [4.69, 9.17) is 19.2 Å². The van der Waals surface area contributed by atoms with Crippen LogP contribution in [0.4, 0.5) is 0 Å². The molecule has 0 bridgehead atoms. The van der Waals surface area contributed by atoms with E-state index in [9.17, 15) is 0 Å². The number of hydrogen-bond acceptors (Lipinski definition) is 5. The molecule has 2 saturated heterocycles. The lowest BCUT2D eigenvalue weighted by Crippen LogP contribution is -2.47. The fourth-order valence-corrected chi connectivity index (χ4v) is 4.43. The first-order valence-corrected chi connectivity index (χ1v) is 12.2. The van der Waals surface area contributed by atoms with Crippen molar-refractivity contribution >= 4 is 5.96 Å². The zero-order valence-corrected chi connectivity index (χ0v) is 20.4. The van der Waals surface area contributed by atoms with E-state index in [2.05, 4.69) is 48.3 Å². The molecule has 0 radical (unpaired) electrons. The smallest absolute Gasteiger partial charge is 0.193 e. The Hall–Kier alpha value is -1.83. The molecule has 32 heavy (non-hydrogen) atoms. The number of hydrogen-bond donors (Lipinski definition) is 1. The number of likely N-dealkylation sites (N-methyl/N-ethyl adjacent to an activating group) is 1. The standard InChI is InChI=1S/C25H42N4O3/c1-5-26-25(27-18-24(28(2)3)20-9-8-11-22(17-20)30-4)29-14-12-21(13-15-29)32-19-23-10-6-7-16-31-23/h8-9,11,17,21,23-24H,5-7,10,12-16,18-19H2,1-4H3,(H,26,27). The maximum absolute atomic E-state index is 6.19. The maximum Gasteiger partial charge on any atom is 0.193 e. The zero-order valence-electron chi connectivity index (χ0n) is 20.4. The lowest BCUT2D eigenvalue weighted by atomic mass is 10.1. The van der Waals surface area contributed by atoms with Gasteiger partial charge in [0.05, 0.1) is 38.5 Å². The Morgan fingerprint density at radius 1 is 1.25 bits per heavy atom. The van der Waals surface area contributed by atoms with E-state index in [1.54, 1.807) is 7.11 Å². The van der Waals surface area contributed by atoms with Gasteiger partial charge in [-0.15, -0.1) is 0 Å². The number of nitrogens with one attached hydrogen (secondary N) is 1. The van der Waals surface area contributed by atoms with Crippen LogP contribution in [-0.4, -0.2) is 88.6 Å². The molecule has 1 aromatic rings. The summed E-state index contributed by atoms with van der Waals surface area (Å²) in [5.74, 6) is 1.88. The lowest BCUT2D eigenvalue weighted by molar-refractivity contribution is -0.0721. The minimum atomic E-state index is 0.190. The van der Waals surface area contributed by atoms with E-state index < -0.39 is 0 Å². The molecule has 0 amide bonds. The van der Waals surface area contributed by atoms with Crippen molar-refractivity contribution in [3.8, 4) is 5.75 Å². The Kier molecular flexibility index (Phi) is 10.1. The highest BCUT2D eigenvalue weighted by Crippen LogP contribution is 2.23. The summed E-state index contributed by atoms with van der Waals surface area (Å²) < 4.78 is 17.4. The molecule has 1 aromatic carbocycles. The Balaban J connectivity index is 1.55. The molecule has 0 spiro atoms. The van der Waals surface area contributed by atoms with Crippen LogP contribution < -0.4 is 10.1 Å². The molecule has 0 saturated carbocycles. The van der Waals surface area contributed by atoms with Gasteiger partial charge >= 0.3 is 0 Å². The van der Waals surface area contributed by atoms with Crippen LogP contribution in [-0.2, 0) is 9.47 Å². The quantitative estimate of drug-likeness (QED) is 0.464. The SMILES string of the molecule is CCNC(=NCC(c1cccc(OC)c1)N(C)C)N1CCC(OCC2CCCCO2)CC1. The minimum absolute atomic E-state index is 0.190. The summed E-state index contributed by atoms with van der Waals surface area (Å²) in [6, 6.07) is 8.47. The van der Waals surface area contributed by atoms with Gasteiger partial charge in [0.2, 0.25) is 0 Å². The molecule has 3 rings (SSSR count). The Labute approximate surface area is 194 Å². The predicted molar refractivity (Wildman–Crippen MR) is 130 cm³/mol. The summed E-state index contributed by atoms with van der Waals surface area (Å²) in [6.07, 6.45) is 6.27. The van der Waals surface area contributed by atoms with Gasteiger partial charge in [-0.25, -0.2) is 0 Å². The van der Waals surface area contributed by atoms with Crippen LogP contribution >= 0.6 is 0 Å². The van der Waals surface area contributed by atoms with Crippen molar-refractivity contribution in [3.05, 3.63) is 29.8 Å². The highest BCUT2D eigenvalue weighted by atomic mass is 16.5. The third-order valence-corrected chi connectivity index (χ3v) is 6.38. The van der Waals surface area contributed by atoms with Crippen LogP contribution in [0.1, 0.15) is 50.6 Å². The molecule has 7 nitrogen and oxygen atoms in total. The second-order valence-electron chi connectivity index (χ2n) is 8.96. The summed E-state index contributed by atoms with van der Waals surface area (Å²) in [5.41, 5.74) is 1.21. The van der Waals surface area contributed by atoms with Crippen molar-refractivity contribution < 1.29 is 14.2 Å². The third kappa shape index (κ3) is 7.36. The summed E-state index contributed by atoms with van der Waals surface area (Å²) in [6.45, 7) is 7.24. The first kappa shape index (κ1) is 24.8. The van der Waals surface area contributed by atoms with E-state index in [1.165, 1.54) is 18.4 Å². The van der Waals surface area contributed by atoms with Crippen LogP contribution in [0.25, 0.3) is 0 Å². The molecule has 180 valence electrons. The first-order chi connectivity index (χ1) is 15.6. The molecule has 1 N–H and O–H groups in total. The van der Waals surface area contributed by atoms with Gasteiger partial charge in [0.25, 0.3) is 0 Å². The Morgan fingerprint density at radius 2 is 2.06 bits per heavy atom. The van der Waals surface area contributed by atoms with E-state index in [0.717, 1.165) is 63.8 Å². The average Bonchev–Trinajstić information content (AvgIpc) is 2.83. The van der Waals surface area contributed by atoms with E-state index >= 15 is 0 Å². The summed E-state index contributed by atoms with van der Waals surface area (Å²) >= 11 is 0. The number of likely N-dealkylation sites (tertiary alicyclic amines) is 1. The van der Waals surface area contributed by atoms with Crippen LogP contribution in [0.2, 0.25) is 0 Å². The van der Waals surface area contributed by atoms with Crippen molar-refractivity contribution in [2.75, 3.05) is 60.6 Å². The first-order valence-electron chi connectivity index (χ1n) is 12.2. The van der Waals surface area contributed by atoms with Crippen LogP contribution in [0, 0.1) is 0 Å². The highest BCUT2D eigenvalue weighted by Gasteiger charge is 2.24. The second-order valence-corrected chi connectivity index (χ2v) is 8.96. The van der Waals surface area contributed by atoms with Gasteiger partial charge in [-0.1, -0.05) is 12.1 Å². The van der Waals surface area contributed by atoms with E-state index in [0.29, 0.717) is 18.8 Å². The molecule has 2 aliphatic rings. The molecule has 7 heteroatoms. The van der Waals surface area contributed by atoms with Gasteiger partial charge in [0.1, 0.15) is 5.75 Å². The van der Waals surface area contributed by atoms with Crippen molar-refractivity contribution in [2.45, 2.75) is 57.3 Å². The number of ether oxygens (including phenoxy) is 3. The van der Waals surface area contributed by atoms with Gasteiger partial charge in [-0.3, -0.25) is 4.99 Å². The molecule has 2 atom stereocenters. The zero-order chi connectivity index (χ0) is 22.8. The molecule has 2 fully saturated rings. The number of rotatable bonds is 9. The molecular formula is C25H42N4O3. The average molecular weight is 447 g/mol. The number of nitrogens with zero attached hydrogens (tertiary/aromatic N) is 3. The highest BCUT2D eigenvalue weighted by molar-refractivity contribution is 5.80. The summed E-state index contributed by atoms with van der Waals surface area (Å²) in [5, 5.41) is 3.49. The van der Waals surface area contributed by atoms with Gasteiger partial charge in [0, 0.05) is 26.2 Å². The number of benzene rings is 1. The fraction of sp³-hybridized carbons (Fsp3) is 0.720. The maximum atomic E-state index is 6.19. The predicted octanol–water partition coefficient (Wildman–Crippen LogP) is 3.31. The number of guanidine groups is 1. The van der Waals surface area contributed by atoms with Crippen LogP contribution in [0.5, 0.6) is 5.75 Å². The molecule has 0 aromatic heterocycles. The third-order valence-electron chi connectivity index (χ3n) is 6.38. The molecule has 0 aliphatic carbocycles. The topological polar surface area (TPSA) is 58.6 Å². The fourth-order valence-electron chi connectivity index (χ4n) is 4.43. The monoisotopic (exact) mass is 446 g/mol. The Bertz CT molecular complexity index is 698. The number of piperidine rings is 1. The molecule has 2 unspecified atom stereocenters. The summed E-state index contributed by atoms with van der Waals surface area (Å²) in [4.78, 5) is 9.61. The normalized spacial score (nSPS) is 21.6. The number of methoxy groups -OCH3 is 1. The van der Waals surface area contributed by atoms with Gasteiger partial charge in [-0.2, -0.15) is 0 Å². The van der Waals surface area contributed by atoms with Crippen molar-refractivity contribution in [1.82, 2.24) is 15.1 Å². The van der Waals surface area contributed by atoms with Gasteiger partial charge < -0.3 is 29.3 Å². The van der Waals surface area contributed by atoms with Gasteiger partial charge in [-0.05, 0) is 70.8 Å². The van der Waals surface area contributed by atoms with Crippen molar-refractivity contribution in [1.29, 1.82) is 0 Å². The van der Waals surface area contributed by atoms with Gasteiger partial charge in [0.15, 0.2) is 5.96 Å². The molecule has 2 aliphatic heterocycles. The van der Waals surface area contributed by atoms with Crippen molar-refractivity contribution in [2.24, 2.45) is 4.99 Å². The molecule has 2 heterocycles. The lowest BCUT2D eigenvalue weighted by Gasteiger charge is -2.35. The Morgan fingerprint density at radius 3 is 2.72 bits per heavy atom.